The molecule has 2 aliphatic rings. The number of carbonyl (C=O) groups excluding carboxylic acids is 2. The molecule has 10 heteroatoms. The van der Waals surface area contributed by atoms with Crippen LogP contribution in [0.4, 0.5) is 11.4 Å². The Balaban J connectivity index is 1.20. The molecule has 3 heterocycles. The summed E-state index contributed by atoms with van der Waals surface area (Å²) < 4.78 is 27.6. The molecule has 3 aromatic rings. The SMILES string of the molecule is CC(=O)Nc1ccc(S(=O)(=O)N2CC[C@@H](C(=O)N3CCN(c4ccnc5ccccc45)CC3)C2)cc1. The number of anilines is 2. The summed E-state index contributed by atoms with van der Waals surface area (Å²) in [6.45, 7) is 4.53. The van der Waals surface area contributed by atoms with Gasteiger partial charge in [0.2, 0.25) is 21.8 Å². The van der Waals surface area contributed by atoms with E-state index < -0.39 is 10.0 Å². The van der Waals surface area contributed by atoms with Gasteiger partial charge in [0.15, 0.2) is 0 Å². The van der Waals surface area contributed by atoms with E-state index in [0.717, 1.165) is 29.7 Å². The second-order valence-electron chi connectivity index (χ2n) is 9.21. The van der Waals surface area contributed by atoms with Gasteiger partial charge in [-0.25, -0.2) is 8.42 Å². The van der Waals surface area contributed by atoms with E-state index in [1.54, 1.807) is 12.1 Å². The molecule has 2 amide bonds. The lowest BCUT2D eigenvalue weighted by Gasteiger charge is -2.37. The molecule has 0 aliphatic carbocycles. The molecule has 188 valence electrons. The fraction of sp³-hybridized carbons (Fsp3) is 0.346. The fourth-order valence-electron chi connectivity index (χ4n) is 4.99. The van der Waals surface area contributed by atoms with Crippen molar-refractivity contribution in [3.05, 3.63) is 60.8 Å². The molecule has 9 nitrogen and oxygen atoms in total. The molecule has 2 saturated heterocycles. The Morgan fingerprint density at radius 1 is 0.944 bits per heavy atom. The predicted octanol–water partition coefficient (Wildman–Crippen LogP) is 2.55. The molecule has 1 atom stereocenters. The Labute approximate surface area is 210 Å². The van der Waals surface area contributed by atoms with Gasteiger partial charge in [0.1, 0.15) is 0 Å². The lowest BCUT2D eigenvalue weighted by atomic mass is 10.1. The maximum absolute atomic E-state index is 13.2. The summed E-state index contributed by atoms with van der Waals surface area (Å²) in [5.74, 6) is -0.541. The standard InChI is InChI=1S/C26H29N5O4S/c1-19(32)28-21-6-8-22(9-7-21)36(34,35)31-13-11-20(18-31)26(33)30-16-14-29(15-17-30)25-10-12-27-24-5-3-2-4-23(24)25/h2-10,12,20H,11,13-18H2,1H3,(H,28,32)/t20-/m1/s1. The molecular formula is C26H29N5O4S. The Morgan fingerprint density at radius 2 is 1.67 bits per heavy atom. The average molecular weight is 508 g/mol. The number of pyridine rings is 1. The van der Waals surface area contributed by atoms with Crippen LogP contribution in [0.1, 0.15) is 13.3 Å². The molecule has 0 unspecified atom stereocenters. The number of carbonyl (C=O) groups is 2. The first-order chi connectivity index (χ1) is 17.3. The van der Waals surface area contributed by atoms with Gasteiger partial charge in [0.25, 0.3) is 0 Å². The lowest BCUT2D eigenvalue weighted by molar-refractivity contribution is -0.135. The molecule has 0 saturated carbocycles. The van der Waals surface area contributed by atoms with E-state index in [0.29, 0.717) is 31.7 Å². The third-order valence-electron chi connectivity index (χ3n) is 6.87. The Morgan fingerprint density at radius 3 is 2.39 bits per heavy atom. The minimum absolute atomic E-state index is 0.0212. The zero-order chi connectivity index (χ0) is 25.3. The number of rotatable bonds is 5. The molecule has 5 rings (SSSR count). The van der Waals surface area contributed by atoms with Crippen LogP contribution in [-0.2, 0) is 19.6 Å². The van der Waals surface area contributed by atoms with E-state index in [-0.39, 0.29) is 29.2 Å². The first kappa shape index (κ1) is 24.2. The predicted molar refractivity (Wildman–Crippen MR) is 138 cm³/mol. The summed E-state index contributed by atoms with van der Waals surface area (Å²) in [4.78, 5) is 33.2. The minimum Gasteiger partial charge on any atom is -0.367 e. The van der Waals surface area contributed by atoms with Crippen LogP contribution in [-0.4, -0.2) is 73.7 Å². The number of nitrogens with zero attached hydrogens (tertiary/aromatic N) is 4. The van der Waals surface area contributed by atoms with Gasteiger partial charge in [-0.15, -0.1) is 0 Å². The van der Waals surface area contributed by atoms with Crippen LogP contribution in [0.25, 0.3) is 10.9 Å². The van der Waals surface area contributed by atoms with Gasteiger partial charge in [-0.3, -0.25) is 14.6 Å². The van der Waals surface area contributed by atoms with Crippen LogP contribution in [0.2, 0.25) is 0 Å². The molecule has 0 radical (unpaired) electrons. The zero-order valence-electron chi connectivity index (χ0n) is 20.1. The van der Waals surface area contributed by atoms with Crippen molar-refractivity contribution < 1.29 is 18.0 Å². The molecular weight excluding hydrogens is 478 g/mol. The number of benzene rings is 2. The number of piperazine rings is 1. The van der Waals surface area contributed by atoms with E-state index >= 15 is 0 Å². The lowest BCUT2D eigenvalue weighted by Crippen LogP contribution is -2.50. The van der Waals surface area contributed by atoms with E-state index in [1.165, 1.54) is 23.4 Å². The van der Waals surface area contributed by atoms with Crippen LogP contribution >= 0.6 is 0 Å². The van der Waals surface area contributed by atoms with E-state index in [9.17, 15) is 18.0 Å². The Bertz CT molecular complexity index is 1380. The minimum atomic E-state index is -3.71. The summed E-state index contributed by atoms with van der Waals surface area (Å²) in [5, 5.41) is 3.73. The fourth-order valence-corrected chi connectivity index (χ4v) is 6.49. The summed E-state index contributed by atoms with van der Waals surface area (Å²) in [5.41, 5.74) is 2.61. The number of para-hydroxylation sites is 1. The van der Waals surface area contributed by atoms with Crippen molar-refractivity contribution in [2.75, 3.05) is 49.5 Å². The van der Waals surface area contributed by atoms with Gasteiger partial charge < -0.3 is 15.1 Å². The highest BCUT2D eigenvalue weighted by Crippen LogP contribution is 2.29. The molecule has 2 aliphatic heterocycles. The molecule has 36 heavy (non-hydrogen) atoms. The van der Waals surface area contributed by atoms with Crippen LogP contribution in [0.5, 0.6) is 0 Å². The number of hydrogen-bond acceptors (Lipinski definition) is 6. The Hall–Kier alpha value is -3.50. The van der Waals surface area contributed by atoms with Crippen molar-refractivity contribution in [3.8, 4) is 0 Å². The van der Waals surface area contributed by atoms with E-state index in [2.05, 4.69) is 21.3 Å². The number of fused-ring (bicyclic) bond motifs is 1. The van der Waals surface area contributed by atoms with Gasteiger partial charge in [0, 0.05) is 69.2 Å². The first-order valence-electron chi connectivity index (χ1n) is 12.1. The van der Waals surface area contributed by atoms with Crippen molar-refractivity contribution >= 4 is 44.1 Å². The summed E-state index contributed by atoms with van der Waals surface area (Å²) in [7, 11) is -3.71. The maximum atomic E-state index is 13.2. The van der Waals surface area contributed by atoms with Crippen LogP contribution in [0.15, 0.2) is 65.7 Å². The second-order valence-corrected chi connectivity index (χ2v) is 11.2. The molecule has 1 aromatic heterocycles. The molecule has 2 fully saturated rings. The number of sulfonamides is 1. The average Bonchev–Trinajstić information content (AvgIpc) is 3.39. The van der Waals surface area contributed by atoms with E-state index in [4.69, 9.17) is 0 Å². The van der Waals surface area contributed by atoms with Crippen LogP contribution in [0, 0.1) is 5.92 Å². The highest BCUT2D eigenvalue weighted by molar-refractivity contribution is 7.89. The summed E-state index contributed by atoms with van der Waals surface area (Å²) in [6.07, 6.45) is 2.33. The molecule has 1 N–H and O–H groups in total. The number of nitrogens with one attached hydrogen (secondary N) is 1. The highest BCUT2D eigenvalue weighted by Gasteiger charge is 2.38. The monoisotopic (exact) mass is 507 g/mol. The van der Waals surface area contributed by atoms with Crippen molar-refractivity contribution in [3.63, 3.8) is 0 Å². The van der Waals surface area contributed by atoms with Crippen molar-refractivity contribution in [2.45, 2.75) is 18.2 Å². The van der Waals surface area contributed by atoms with Gasteiger partial charge in [-0.2, -0.15) is 4.31 Å². The third kappa shape index (κ3) is 4.78. The third-order valence-corrected chi connectivity index (χ3v) is 8.75. The quantitative estimate of drug-likeness (QED) is 0.569. The largest absolute Gasteiger partial charge is 0.367 e. The van der Waals surface area contributed by atoms with Gasteiger partial charge in [-0.05, 0) is 42.8 Å². The number of hydrogen-bond donors (Lipinski definition) is 1. The van der Waals surface area contributed by atoms with Gasteiger partial charge in [0.05, 0.1) is 16.3 Å². The smallest absolute Gasteiger partial charge is 0.243 e. The maximum Gasteiger partial charge on any atom is 0.243 e. The van der Waals surface area contributed by atoms with Crippen molar-refractivity contribution in [1.29, 1.82) is 0 Å². The molecule has 0 spiro atoms. The van der Waals surface area contributed by atoms with Crippen LogP contribution < -0.4 is 10.2 Å². The summed E-state index contributed by atoms with van der Waals surface area (Å²) >= 11 is 0. The summed E-state index contributed by atoms with van der Waals surface area (Å²) in [6, 6.07) is 16.2. The number of aromatic nitrogens is 1. The van der Waals surface area contributed by atoms with Crippen molar-refractivity contribution in [2.24, 2.45) is 5.92 Å². The first-order valence-corrected chi connectivity index (χ1v) is 13.5. The van der Waals surface area contributed by atoms with Gasteiger partial charge >= 0.3 is 0 Å². The topological polar surface area (TPSA) is 103 Å². The molecule has 0 bridgehead atoms. The normalized spacial score (nSPS) is 19.0. The van der Waals surface area contributed by atoms with Crippen molar-refractivity contribution in [1.82, 2.24) is 14.2 Å². The number of amides is 2. The Kier molecular flexibility index (Phi) is 6.63. The highest BCUT2D eigenvalue weighted by atomic mass is 32.2. The molecule has 2 aromatic carbocycles. The second kappa shape index (κ2) is 9.87. The van der Waals surface area contributed by atoms with Gasteiger partial charge in [-0.1, -0.05) is 18.2 Å². The zero-order valence-corrected chi connectivity index (χ0v) is 20.9. The van der Waals surface area contributed by atoms with Crippen LogP contribution in [0.3, 0.4) is 0 Å². The van der Waals surface area contributed by atoms with E-state index in [1.807, 2.05) is 35.4 Å².